The Hall–Kier alpha value is -1.91. The third-order valence-electron chi connectivity index (χ3n) is 7.51. The van der Waals surface area contributed by atoms with Gasteiger partial charge in [-0.15, -0.1) is 0 Å². The van der Waals surface area contributed by atoms with Crippen molar-refractivity contribution in [2.45, 2.75) is 90.8 Å². The lowest BCUT2D eigenvalue weighted by atomic mass is 9.88. The summed E-state index contributed by atoms with van der Waals surface area (Å²) in [4.78, 5) is 14.5. The Bertz CT molecular complexity index is 839. The minimum atomic E-state index is -0.528. The van der Waals surface area contributed by atoms with Crippen LogP contribution in [0.25, 0.3) is 0 Å². The van der Waals surface area contributed by atoms with Crippen molar-refractivity contribution in [3.63, 3.8) is 0 Å². The van der Waals surface area contributed by atoms with Crippen LogP contribution in [0.1, 0.15) is 76.3 Å². The van der Waals surface area contributed by atoms with E-state index in [1.807, 2.05) is 17.0 Å². The monoisotopic (exact) mass is 467 g/mol. The van der Waals surface area contributed by atoms with Gasteiger partial charge in [0.15, 0.2) is 0 Å². The lowest BCUT2D eigenvalue weighted by Crippen LogP contribution is -2.32. The van der Waals surface area contributed by atoms with Crippen molar-refractivity contribution in [2.24, 2.45) is 17.8 Å². The molecule has 0 bridgehead atoms. The Morgan fingerprint density at radius 1 is 1.21 bits per heavy atom. The van der Waals surface area contributed by atoms with Gasteiger partial charge in [0.25, 0.3) is 0 Å². The minimum Gasteiger partial charge on any atom is -0.392 e. The largest absolute Gasteiger partial charge is 0.392 e. The molecule has 5 atom stereocenters. The van der Waals surface area contributed by atoms with Crippen LogP contribution >= 0.6 is 0 Å². The van der Waals surface area contributed by atoms with Gasteiger partial charge < -0.3 is 15.1 Å². The summed E-state index contributed by atoms with van der Waals surface area (Å²) in [5.74, 6) is 1.31. The number of hydrogen-bond donors (Lipinski definition) is 2. The smallest absolute Gasteiger partial charge is 0.222 e. The Balaban J connectivity index is 1.43. The second-order valence-electron chi connectivity index (χ2n) is 10.5. The highest BCUT2D eigenvalue weighted by atomic mass is 16.3. The Labute approximate surface area is 206 Å². The summed E-state index contributed by atoms with van der Waals surface area (Å²) in [6, 6.07) is 8.26. The summed E-state index contributed by atoms with van der Waals surface area (Å²) in [7, 11) is 0. The SMILES string of the molecule is CCCN(CCC)C(=O)CCCCC1=C[C@H]2C[C@@H](O)[C@H](C=C[C@@H](O)Cc3cccc(C)c3)[C@H]2C1. The van der Waals surface area contributed by atoms with Gasteiger partial charge >= 0.3 is 0 Å². The van der Waals surface area contributed by atoms with Crippen LogP contribution in [0.5, 0.6) is 0 Å². The molecule has 0 saturated heterocycles. The van der Waals surface area contributed by atoms with E-state index in [0.29, 0.717) is 30.6 Å². The molecule has 4 nitrogen and oxygen atoms in total. The third-order valence-corrected chi connectivity index (χ3v) is 7.51. The van der Waals surface area contributed by atoms with E-state index in [1.165, 1.54) is 11.1 Å². The molecule has 0 aromatic heterocycles. The van der Waals surface area contributed by atoms with Gasteiger partial charge in [-0.1, -0.05) is 67.5 Å². The number of carbonyl (C=O) groups is 1. The predicted molar refractivity (Wildman–Crippen MR) is 139 cm³/mol. The number of allylic oxidation sites excluding steroid dienone is 2. The molecule has 2 aliphatic rings. The van der Waals surface area contributed by atoms with Gasteiger partial charge in [-0.25, -0.2) is 0 Å². The zero-order chi connectivity index (χ0) is 24.5. The van der Waals surface area contributed by atoms with Crippen molar-refractivity contribution in [3.05, 3.63) is 59.2 Å². The molecule has 0 spiro atoms. The fraction of sp³-hybridized carbons (Fsp3) is 0.633. The van der Waals surface area contributed by atoms with E-state index in [0.717, 1.165) is 63.6 Å². The van der Waals surface area contributed by atoms with Crippen LogP contribution in [-0.2, 0) is 11.2 Å². The predicted octanol–water partition coefficient (Wildman–Crippen LogP) is 5.61. The summed E-state index contributed by atoms with van der Waals surface area (Å²) < 4.78 is 0. The Morgan fingerprint density at radius 2 is 1.97 bits per heavy atom. The molecule has 0 radical (unpaired) electrons. The number of carbonyl (C=O) groups excluding carboxylic acids is 1. The van der Waals surface area contributed by atoms with Gasteiger partial charge in [-0.05, 0) is 69.3 Å². The average Bonchev–Trinajstić information content (AvgIpc) is 3.31. The second-order valence-corrected chi connectivity index (χ2v) is 10.5. The summed E-state index contributed by atoms with van der Waals surface area (Å²) in [5.41, 5.74) is 3.83. The number of amides is 1. The molecule has 2 aliphatic carbocycles. The summed E-state index contributed by atoms with van der Waals surface area (Å²) >= 11 is 0. The standard InChI is InChI=1S/C30H45NO3/c1-4-15-31(16-5-2)30(34)12-7-6-10-24-18-25-21-29(33)27(28(25)20-24)14-13-26(32)19-23-11-8-9-22(3)17-23/h8-9,11,13-14,17-18,25-29,32-33H,4-7,10,12,15-16,19-21H2,1-3H3/t25-,26+,27+,28-,29+/m0/s1. The molecule has 1 aromatic rings. The first-order chi connectivity index (χ1) is 16.4. The number of benzene rings is 1. The highest BCUT2D eigenvalue weighted by molar-refractivity contribution is 5.76. The third kappa shape index (κ3) is 7.55. The molecule has 1 saturated carbocycles. The number of aliphatic hydroxyl groups is 2. The Kier molecular flexibility index (Phi) is 10.4. The molecule has 4 heteroatoms. The van der Waals surface area contributed by atoms with Gasteiger partial charge in [0.1, 0.15) is 0 Å². The molecule has 1 fully saturated rings. The lowest BCUT2D eigenvalue weighted by molar-refractivity contribution is -0.131. The number of aliphatic hydroxyl groups excluding tert-OH is 2. The minimum absolute atomic E-state index is 0.115. The zero-order valence-corrected chi connectivity index (χ0v) is 21.5. The van der Waals surface area contributed by atoms with Crippen LogP contribution in [0, 0.1) is 24.7 Å². The van der Waals surface area contributed by atoms with E-state index in [4.69, 9.17) is 0 Å². The maximum atomic E-state index is 12.5. The molecular formula is C30H45NO3. The van der Waals surface area contributed by atoms with Gasteiger partial charge in [0, 0.05) is 31.8 Å². The quantitative estimate of drug-likeness (QED) is 0.293. The molecule has 0 aliphatic heterocycles. The van der Waals surface area contributed by atoms with Crippen molar-refractivity contribution in [1.29, 1.82) is 0 Å². The van der Waals surface area contributed by atoms with Crippen molar-refractivity contribution in [2.75, 3.05) is 13.1 Å². The van der Waals surface area contributed by atoms with Crippen molar-refractivity contribution < 1.29 is 15.0 Å². The summed E-state index contributed by atoms with van der Waals surface area (Å²) in [5, 5.41) is 21.1. The van der Waals surface area contributed by atoms with Gasteiger partial charge in [0.2, 0.25) is 5.91 Å². The number of fused-ring (bicyclic) bond motifs is 1. The van der Waals surface area contributed by atoms with Gasteiger partial charge in [-0.3, -0.25) is 4.79 Å². The van der Waals surface area contributed by atoms with Crippen molar-refractivity contribution in [1.82, 2.24) is 4.90 Å². The normalized spacial score (nSPS) is 24.9. The fourth-order valence-corrected chi connectivity index (χ4v) is 5.88. The molecule has 34 heavy (non-hydrogen) atoms. The molecule has 3 rings (SSSR count). The van der Waals surface area contributed by atoms with E-state index in [9.17, 15) is 15.0 Å². The molecular weight excluding hydrogens is 422 g/mol. The van der Waals surface area contributed by atoms with E-state index < -0.39 is 6.10 Å². The van der Waals surface area contributed by atoms with Gasteiger partial charge in [-0.2, -0.15) is 0 Å². The maximum Gasteiger partial charge on any atom is 0.222 e. The molecule has 1 aromatic carbocycles. The first-order valence-electron chi connectivity index (χ1n) is 13.5. The van der Waals surface area contributed by atoms with Crippen molar-refractivity contribution in [3.8, 4) is 0 Å². The molecule has 0 heterocycles. The molecule has 188 valence electrons. The second kappa shape index (κ2) is 13.3. The first kappa shape index (κ1) is 26.7. The van der Waals surface area contributed by atoms with Crippen LogP contribution in [0.15, 0.2) is 48.1 Å². The van der Waals surface area contributed by atoms with E-state index in [-0.39, 0.29) is 12.0 Å². The first-order valence-corrected chi connectivity index (χ1v) is 13.5. The zero-order valence-electron chi connectivity index (χ0n) is 21.5. The lowest BCUT2D eigenvalue weighted by Gasteiger charge is -2.21. The Morgan fingerprint density at radius 3 is 2.68 bits per heavy atom. The highest BCUT2D eigenvalue weighted by Gasteiger charge is 2.43. The van der Waals surface area contributed by atoms with Crippen LogP contribution in [0.3, 0.4) is 0 Å². The average molecular weight is 468 g/mol. The maximum absolute atomic E-state index is 12.5. The van der Waals surface area contributed by atoms with E-state index >= 15 is 0 Å². The number of rotatable bonds is 13. The fourth-order valence-electron chi connectivity index (χ4n) is 5.88. The number of unbranched alkanes of at least 4 members (excludes halogenated alkanes) is 1. The van der Waals surface area contributed by atoms with E-state index in [1.54, 1.807) is 0 Å². The van der Waals surface area contributed by atoms with Crippen LogP contribution < -0.4 is 0 Å². The van der Waals surface area contributed by atoms with Gasteiger partial charge in [0.05, 0.1) is 12.2 Å². The van der Waals surface area contributed by atoms with Crippen molar-refractivity contribution >= 4 is 5.91 Å². The number of nitrogens with zero attached hydrogens (tertiary/aromatic N) is 1. The molecule has 1 amide bonds. The van der Waals surface area contributed by atoms with E-state index in [2.05, 4.69) is 51.1 Å². The molecule has 0 unspecified atom stereocenters. The van der Waals surface area contributed by atoms with Crippen LogP contribution in [0.2, 0.25) is 0 Å². The summed E-state index contributed by atoms with van der Waals surface area (Å²) in [6.07, 6.45) is 13.7. The number of hydrogen-bond acceptors (Lipinski definition) is 3. The van der Waals surface area contributed by atoms with Crippen LogP contribution in [0.4, 0.5) is 0 Å². The topological polar surface area (TPSA) is 60.8 Å². The molecule has 2 N–H and O–H groups in total. The highest BCUT2D eigenvalue weighted by Crippen LogP contribution is 2.48. The van der Waals surface area contributed by atoms with Crippen LogP contribution in [-0.4, -0.2) is 46.3 Å². The summed E-state index contributed by atoms with van der Waals surface area (Å²) in [6.45, 7) is 8.07. The number of aryl methyl sites for hydroxylation is 1.